The number of aromatic amines is 1. The predicted octanol–water partition coefficient (Wildman–Crippen LogP) is 6.83. The Balaban J connectivity index is 0.870. The first-order valence-electron chi connectivity index (χ1n) is 19.0. The maximum atomic E-state index is 13.3. The summed E-state index contributed by atoms with van der Waals surface area (Å²) >= 11 is 6.07. The number of rotatable bonds is 14. The van der Waals surface area contributed by atoms with E-state index in [0.717, 1.165) is 90.5 Å². The fourth-order valence-corrected chi connectivity index (χ4v) is 10.5. The van der Waals surface area contributed by atoms with Crippen molar-refractivity contribution in [3.05, 3.63) is 70.9 Å². The summed E-state index contributed by atoms with van der Waals surface area (Å²) in [5, 5.41) is 7.23. The molecule has 5 aliphatic rings. The van der Waals surface area contributed by atoms with Gasteiger partial charge in [-0.1, -0.05) is 49.6 Å². The molecule has 9 nitrogen and oxygen atoms in total. The lowest BCUT2D eigenvalue weighted by Crippen LogP contribution is -2.52. The van der Waals surface area contributed by atoms with Gasteiger partial charge in [-0.05, 0) is 104 Å². The van der Waals surface area contributed by atoms with E-state index in [4.69, 9.17) is 16.3 Å². The molecule has 2 atom stereocenters. The summed E-state index contributed by atoms with van der Waals surface area (Å²) in [6.07, 6.45) is 14.1. The van der Waals surface area contributed by atoms with E-state index in [1.54, 1.807) is 12.1 Å². The summed E-state index contributed by atoms with van der Waals surface area (Å²) in [5.74, 6) is 1.57. The maximum absolute atomic E-state index is 13.3. The highest BCUT2D eigenvalue weighted by Gasteiger charge is 2.51. The number of hydrogen-bond donors (Lipinski definition) is 3. The lowest BCUT2D eigenvalue weighted by molar-refractivity contribution is -0.154. The Morgan fingerprint density at radius 1 is 0.863 bits per heavy atom. The van der Waals surface area contributed by atoms with Crippen LogP contribution in [0, 0.1) is 23.2 Å². The van der Waals surface area contributed by atoms with Crippen molar-refractivity contribution in [3.63, 3.8) is 0 Å². The van der Waals surface area contributed by atoms with Gasteiger partial charge in [0.1, 0.15) is 11.9 Å². The minimum atomic E-state index is -0.837. The summed E-state index contributed by atoms with van der Waals surface area (Å²) in [5.41, 5.74) is 4.28. The summed E-state index contributed by atoms with van der Waals surface area (Å²) in [6, 6.07) is 13.6. The third kappa shape index (κ3) is 7.55. The molecule has 3 aromatic rings. The van der Waals surface area contributed by atoms with Crippen molar-refractivity contribution in [3.8, 4) is 0 Å². The smallest absolute Gasteiger partial charge is 0.328 e. The Morgan fingerprint density at radius 3 is 2.14 bits per heavy atom. The van der Waals surface area contributed by atoms with Crippen LogP contribution < -0.4 is 10.6 Å². The minimum Gasteiger partial charge on any atom is -0.467 e. The van der Waals surface area contributed by atoms with Crippen LogP contribution in [-0.2, 0) is 25.5 Å². The van der Waals surface area contributed by atoms with Crippen LogP contribution in [0.25, 0.3) is 10.9 Å². The molecule has 4 aliphatic carbocycles. The number of methoxy groups -OCH3 is 1. The Bertz CT molecular complexity index is 1720. The van der Waals surface area contributed by atoms with Crippen LogP contribution in [0.15, 0.2) is 48.5 Å². The van der Waals surface area contributed by atoms with E-state index in [9.17, 15) is 19.2 Å². The fraction of sp³-hybridized carbons (Fsp3) is 0.561. The van der Waals surface area contributed by atoms with E-state index >= 15 is 0 Å². The van der Waals surface area contributed by atoms with Crippen molar-refractivity contribution in [1.29, 1.82) is 0 Å². The number of benzene rings is 2. The molecule has 4 bridgehead atoms. The second kappa shape index (κ2) is 15.4. The molecule has 3 N–H and O–H groups in total. The van der Waals surface area contributed by atoms with Gasteiger partial charge in [0.25, 0.3) is 5.91 Å². The molecular weight excluding hydrogens is 664 g/mol. The standard InChI is InChI=1S/C41H51ClN4O5/c1-51-40(50)34-20-32-31-9-5-6-10-33(31)45-37(32)38(46(34)36(48)25-42)29-11-13-30(14-12-29)39(49)44-16-8-4-2-3-7-15-43-35(47)24-41-21-26-17-27(22-41)19-28(18-26)23-41/h5-6,9-14,26-28,34,38,45H,2-4,7-8,15-25H2,1H3,(H,43,47)(H,44,49)/t26?,27?,28?,34-,38+,41?/m1/s1. The van der Waals surface area contributed by atoms with E-state index in [0.29, 0.717) is 23.9 Å². The maximum Gasteiger partial charge on any atom is 0.328 e. The number of carbonyl (C=O) groups is 4. The molecule has 8 rings (SSSR count). The average Bonchev–Trinajstić information content (AvgIpc) is 3.50. The molecule has 51 heavy (non-hydrogen) atoms. The summed E-state index contributed by atoms with van der Waals surface area (Å²) < 4.78 is 5.12. The van der Waals surface area contributed by atoms with Crippen molar-refractivity contribution < 1.29 is 23.9 Å². The Kier molecular flexibility index (Phi) is 10.7. The highest BCUT2D eigenvalue weighted by molar-refractivity contribution is 6.27. The number of nitrogens with zero attached hydrogens (tertiary/aromatic N) is 1. The number of aromatic nitrogens is 1. The number of alkyl halides is 1. The number of H-pyrrole nitrogens is 1. The van der Waals surface area contributed by atoms with Crippen molar-refractivity contribution in [2.75, 3.05) is 26.1 Å². The van der Waals surface area contributed by atoms with Crippen molar-refractivity contribution in [1.82, 2.24) is 20.5 Å². The molecule has 0 saturated heterocycles. The lowest BCUT2D eigenvalue weighted by Gasteiger charge is -2.56. The molecule has 3 amide bonds. The second-order valence-corrected chi connectivity index (χ2v) is 16.0. The van der Waals surface area contributed by atoms with Crippen LogP contribution >= 0.6 is 11.6 Å². The normalized spacial score (nSPS) is 26.2. The number of hydrogen-bond acceptors (Lipinski definition) is 5. The van der Waals surface area contributed by atoms with Crippen LogP contribution in [-0.4, -0.2) is 65.7 Å². The SMILES string of the molecule is COC(=O)[C@H]1Cc2c([nH]c3ccccc23)[C@H](c2ccc(C(=O)NCCCCCCCNC(=O)CC34CC5CC(CC(C5)C3)C4)cc2)N1C(=O)CCl. The number of carbonyl (C=O) groups excluding carboxylic acids is 4. The minimum absolute atomic E-state index is 0.153. The number of nitrogens with one attached hydrogen (secondary N) is 3. The number of esters is 1. The van der Waals surface area contributed by atoms with Gasteiger partial charge in [-0.15, -0.1) is 11.6 Å². The highest BCUT2D eigenvalue weighted by atomic mass is 35.5. The van der Waals surface area contributed by atoms with E-state index < -0.39 is 18.1 Å². The third-order valence-electron chi connectivity index (χ3n) is 12.2. The molecule has 1 aliphatic heterocycles. The molecule has 2 heterocycles. The molecule has 0 radical (unpaired) electrons. The van der Waals surface area contributed by atoms with Gasteiger partial charge in [0, 0.05) is 48.1 Å². The Labute approximate surface area is 305 Å². The van der Waals surface area contributed by atoms with Gasteiger partial charge in [0.2, 0.25) is 11.8 Å². The zero-order chi connectivity index (χ0) is 35.5. The monoisotopic (exact) mass is 714 g/mol. The van der Waals surface area contributed by atoms with Gasteiger partial charge >= 0.3 is 5.97 Å². The first-order chi connectivity index (χ1) is 24.8. The molecule has 4 saturated carbocycles. The first kappa shape index (κ1) is 35.5. The fourth-order valence-electron chi connectivity index (χ4n) is 10.4. The van der Waals surface area contributed by atoms with Crippen LogP contribution in [0.2, 0.25) is 0 Å². The largest absolute Gasteiger partial charge is 0.467 e. The molecule has 10 heteroatoms. The van der Waals surface area contributed by atoms with Crippen LogP contribution in [0.3, 0.4) is 0 Å². The molecule has 1 aromatic heterocycles. The second-order valence-electron chi connectivity index (χ2n) is 15.7. The van der Waals surface area contributed by atoms with Crippen LogP contribution in [0.4, 0.5) is 0 Å². The predicted molar refractivity (Wildman–Crippen MR) is 197 cm³/mol. The molecule has 0 unspecified atom stereocenters. The van der Waals surface area contributed by atoms with E-state index in [-0.39, 0.29) is 23.6 Å². The van der Waals surface area contributed by atoms with E-state index in [1.165, 1.54) is 50.5 Å². The van der Waals surface area contributed by atoms with Gasteiger partial charge in [0.05, 0.1) is 13.2 Å². The quantitative estimate of drug-likeness (QED) is 0.0962. The summed E-state index contributed by atoms with van der Waals surface area (Å²) in [7, 11) is 1.32. The molecule has 272 valence electrons. The zero-order valence-electron chi connectivity index (χ0n) is 29.7. The first-order valence-corrected chi connectivity index (χ1v) is 19.5. The molecule has 0 spiro atoms. The van der Waals surface area contributed by atoms with Gasteiger partial charge in [-0.3, -0.25) is 14.4 Å². The third-order valence-corrected chi connectivity index (χ3v) is 12.4. The number of fused-ring (bicyclic) bond motifs is 3. The lowest BCUT2D eigenvalue weighted by atomic mass is 9.49. The van der Waals surface area contributed by atoms with Gasteiger partial charge in [-0.2, -0.15) is 0 Å². The van der Waals surface area contributed by atoms with Crippen LogP contribution in [0.1, 0.15) is 110 Å². The Morgan fingerprint density at radius 2 is 1.49 bits per heavy atom. The highest BCUT2D eigenvalue weighted by Crippen LogP contribution is 2.61. The zero-order valence-corrected chi connectivity index (χ0v) is 30.4. The molecular formula is C41H51ClN4O5. The number of para-hydroxylation sites is 1. The van der Waals surface area contributed by atoms with Crippen molar-refractivity contribution in [2.24, 2.45) is 23.2 Å². The van der Waals surface area contributed by atoms with E-state index in [1.807, 2.05) is 36.4 Å². The van der Waals surface area contributed by atoms with Gasteiger partial charge in [-0.25, -0.2) is 4.79 Å². The topological polar surface area (TPSA) is 121 Å². The van der Waals surface area contributed by atoms with Crippen LogP contribution in [0.5, 0.6) is 0 Å². The van der Waals surface area contributed by atoms with Crippen molar-refractivity contribution in [2.45, 2.75) is 95.6 Å². The number of ether oxygens (including phenoxy) is 1. The van der Waals surface area contributed by atoms with E-state index in [2.05, 4.69) is 15.6 Å². The summed E-state index contributed by atoms with van der Waals surface area (Å²) in [4.78, 5) is 57.0. The van der Waals surface area contributed by atoms with Gasteiger partial charge < -0.3 is 25.3 Å². The average molecular weight is 715 g/mol. The number of amides is 3. The van der Waals surface area contributed by atoms with Crippen molar-refractivity contribution >= 4 is 46.2 Å². The molecule has 2 aromatic carbocycles. The number of halogens is 1. The Hall–Kier alpha value is -3.85. The summed E-state index contributed by atoms with van der Waals surface area (Å²) in [6.45, 7) is 1.34. The number of unbranched alkanes of at least 4 members (excludes halogenated alkanes) is 4. The van der Waals surface area contributed by atoms with Gasteiger partial charge in [0.15, 0.2) is 0 Å². The molecule has 4 fully saturated rings.